The number of hydrogen-bond donors (Lipinski definition) is 1. The second-order valence-electron chi connectivity index (χ2n) is 5.70. The van der Waals surface area contributed by atoms with E-state index in [0.29, 0.717) is 11.6 Å². The smallest absolute Gasteiger partial charge is 0.255 e. The third kappa shape index (κ3) is 3.46. The zero-order valence-electron chi connectivity index (χ0n) is 12.0. The largest absolute Gasteiger partial charge is 0.362 e. The Bertz CT molecular complexity index is 437. The lowest BCUT2D eigenvalue weighted by Crippen LogP contribution is -2.38. The Morgan fingerprint density at radius 2 is 2.00 bits per heavy atom. The number of carbonyl (C=O) groups is 1. The molecule has 2 rings (SSSR count). The van der Waals surface area contributed by atoms with Gasteiger partial charge in [-0.15, -0.1) is 0 Å². The van der Waals surface area contributed by atoms with Crippen LogP contribution < -0.4 is 10.2 Å². The molecule has 0 radical (unpaired) electrons. The first-order valence-electron chi connectivity index (χ1n) is 7.01. The summed E-state index contributed by atoms with van der Waals surface area (Å²) in [7, 11) is 3.81. The van der Waals surface area contributed by atoms with Crippen molar-refractivity contribution in [1.82, 2.24) is 10.3 Å². The maximum absolute atomic E-state index is 12.3. The van der Waals surface area contributed by atoms with E-state index in [9.17, 15) is 4.79 Å². The van der Waals surface area contributed by atoms with Crippen molar-refractivity contribution in [3.05, 3.63) is 23.9 Å². The number of carbonyl (C=O) groups excluding carboxylic acids is 1. The second kappa shape index (κ2) is 6.04. The van der Waals surface area contributed by atoms with E-state index in [1.165, 1.54) is 12.8 Å². The van der Waals surface area contributed by atoms with Crippen molar-refractivity contribution in [2.75, 3.05) is 19.0 Å². The van der Waals surface area contributed by atoms with Gasteiger partial charge in [-0.2, -0.15) is 0 Å². The predicted molar refractivity (Wildman–Crippen MR) is 77.5 cm³/mol. The highest BCUT2D eigenvalue weighted by molar-refractivity contribution is 5.98. The van der Waals surface area contributed by atoms with Crippen LogP contribution in [0, 0.1) is 5.92 Å². The van der Waals surface area contributed by atoms with E-state index >= 15 is 0 Å². The fraction of sp³-hybridized carbons (Fsp3) is 0.600. The Balaban J connectivity index is 2.04. The van der Waals surface area contributed by atoms with Gasteiger partial charge in [0, 0.05) is 26.3 Å². The van der Waals surface area contributed by atoms with Gasteiger partial charge in [-0.05, 0) is 43.7 Å². The molecule has 0 unspecified atom stereocenters. The lowest BCUT2D eigenvalue weighted by molar-refractivity contribution is 0.0923. The molecule has 4 nitrogen and oxygen atoms in total. The summed E-state index contributed by atoms with van der Waals surface area (Å²) in [6, 6.07) is 3.97. The average Bonchev–Trinajstić information content (AvgIpc) is 2.41. The minimum atomic E-state index is -0.00338. The van der Waals surface area contributed by atoms with Gasteiger partial charge >= 0.3 is 0 Å². The van der Waals surface area contributed by atoms with Crippen molar-refractivity contribution >= 4 is 11.7 Å². The van der Waals surface area contributed by atoms with Gasteiger partial charge in [-0.1, -0.05) is 6.92 Å². The molecule has 0 spiro atoms. The summed E-state index contributed by atoms with van der Waals surface area (Å²) in [5.74, 6) is 1.52. The summed E-state index contributed by atoms with van der Waals surface area (Å²) in [5, 5.41) is 3.15. The van der Waals surface area contributed by atoms with Crippen molar-refractivity contribution in [3.8, 4) is 0 Å². The van der Waals surface area contributed by atoms with E-state index in [4.69, 9.17) is 0 Å². The first kappa shape index (κ1) is 13.8. The number of hydrogen-bond acceptors (Lipinski definition) is 3. The van der Waals surface area contributed by atoms with Crippen molar-refractivity contribution in [2.45, 2.75) is 38.6 Å². The van der Waals surface area contributed by atoms with Crippen LogP contribution in [0.2, 0.25) is 0 Å². The van der Waals surface area contributed by atoms with Crippen molar-refractivity contribution < 1.29 is 4.79 Å². The SMILES string of the molecule is CC1CCC(NC(=O)c2cccnc2N(C)C)CC1. The van der Waals surface area contributed by atoms with Crippen LogP contribution in [-0.2, 0) is 0 Å². The van der Waals surface area contributed by atoms with Gasteiger partial charge in [0.2, 0.25) is 0 Å². The number of pyridine rings is 1. The molecule has 0 atom stereocenters. The lowest BCUT2D eigenvalue weighted by Gasteiger charge is -2.27. The first-order chi connectivity index (χ1) is 9.08. The molecule has 4 heteroatoms. The normalized spacial score (nSPS) is 22.9. The Morgan fingerprint density at radius 3 is 2.63 bits per heavy atom. The van der Waals surface area contributed by atoms with E-state index < -0.39 is 0 Å². The molecule has 1 heterocycles. The average molecular weight is 261 g/mol. The molecular weight excluding hydrogens is 238 g/mol. The minimum absolute atomic E-state index is 0.00338. The maximum atomic E-state index is 12.3. The molecule has 0 saturated heterocycles. The van der Waals surface area contributed by atoms with Gasteiger partial charge in [0.15, 0.2) is 0 Å². The van der Waals surface area contributed by atoms with Gasteiger partial charge in [0.1, 0.15) is 5.82 Å². The highest BCUT2D eigenvalue weighted by Crippen LogP contribution is 2.24. The second-order valence-corrected chi connectivity index (χ2v) is 5.70. The molecule has 1 aromatic heterocycles. The number of anilines is 1. The van der Waals surface area contributed by atoms with Crippen LogP contribution in [0.5, 0.6) is 0 Å². The van der Waals surface area contributed by atoms with E-state index in [0.717, 1.165) is 24.6 Å². The molecular formula is C15H23N3O. The van der Waals surface area contributed by atoms with Gasteiger partial charge in [-0.25, -0.2) is 4.98 Å². The third-order valence-electron chi connectivity index (χ3n) is 3.81. The summed E-state index contributed by atoms with van der Waals surface area (Å²) in [6.07, 6.45) is 6.31. The Labute approximate surface area is 115 Å². The third-order valence-corrected chi connectivity index (χ3v) is 3.81. The summed E-state index contributed by atoms with van der Waals surface area (Å²) >= 11 is 0. The summed E-state index contributed by atoms with van der Waals surface area (Å²) < 4.78 is 0. The zero-order valence-corrected chi connectivity index (χ0v) is 12.0. The topological polar surface area (TPSA) is 45.2 Å². The quantitative estimate of drug-likeness (QED) is 0.909. The molecule has 104 valence electrons. The van der Waals surface area contributed by atoms with Crippen LogP contribution in [-0.4, -0.2) is 31.0 Å². The van der Waals surface area contributed by atoms with E-state index in [-0.39, 0.29) is 5.91 Å². The molecule has 1 aromatic rings. The molecule has 1 saturated carbocycles. The van der Waals surface area contributed by atoms with E-state index in [2.05, 4.69) is 17.2 Å². The Kier molecular flexibility index (Phi) is 4.40. The number of amides is 1. The lowest BCUT2D eigenvalue weighted by atomic mass is 9.87. The standard InChI is InChI=1S/C15H23N3O/c1-11-6-8-12(9-7-11)17-15(19)13-5-4-10-16-14(13)18(2)3/h4-5,10-12H,6-9H2,1-3H3,(H,17,19). The maximum Gasteiger partial charge on any atom is 0.255 e. The van der Waals surface area contributed by atoms with Crippen LogP contribution >= 0.6 is 0 Å². The van der Waals surface area contributed by atoms with Crippen LogP contribution in [0.4, 0.5) is 5.82 Å². The van der Waals surface area contributed by atoms with Crippen LogP contribution in [0.1, 0.15) is 43.0 Å². The van der Waals surface area contributed by atoms with Crippen LogP contribution in [0.3, 0.4) is 0 Å². The highest BCUT2D eigenvalue weighted by Gasteiger charge is 2.21. The summed E-state index contributed by atoms with van der Waals surface area (Å²) in [5.41, 5.74) is 0.658. The van der Waals surface area contributed by atoms with Crippen LogP contribution in [0.15, 0.2) is 18.3 Å². The predicted octanol–water partition coefficient (Wildman–Crippen LogP) is 2.46. The van der Waals surface area contributed by atoms with Gasteiger partial charge in [0.05, 0.1) is 5.56 Å². The number of nitrogens with one attached hydrogen (secondary N) is 1. The van der Waals surface area contributed by atoms with Gasteiger partial charge in [0.25, 0.3) is 5.91 Å². The van der Waals surface area contributed by atoms with Crippen molar-refractivity contribution in [1.29, 1.82) is 0 Å². The molecule has 1 aliphatic rings. The van der Waals surface area contributed by atoms with Gasteiger partial charge < -0.3 is 10.2 Å². The molecule has 1 N–H and O–H groups in total. The molecule has 0 aromatic carbocycles. The Morgan fingerprint density at radius 1 is 1.32 bits per heavy atom. The number of aromatic nitrogens is 1. The molecule has 0 bridgehead atoms. The monoisotopic (exact) mass is 261 g/mol. The van der Waals surface area contributed by atoms with Crippen LogP contribution in [0.25, 0.3) is 0 Å². The molecule has 1 fully saturated rings. The highest BCUT2D eigenvalue weighted by atomic mass is 16.1. The summed E-state index contributed by atoms with van der Waals surface area (Å²) in [6.45, 7) is 2.28. The zero-order chi connectivity index (χ0) is 13.8. The Hall–Kier alpha value is -1.58. The fourth-order valence-corrected chi connectivity index (χ4v) is 2.60. The molecule has 1 aliphatic carbocycles. The minimum Gasteiger partial charge on any atom is -0.362 e. The number of nitrogens with zero attached hydrogens (tertiary/aromatic N) is 2. The fourth-order valence-electron chi connectivity index (χ4n) is 2.60. The molecule has 0 aliphatic heterocycles. The molecule has 19 heavy (non-hydrogen) atoms. The first-order valence-corrected chi connectivity index (χ1v) is 7.01. The van der Waals surface area contributed by atoms with Crippen molar-refractivity contribution in [3.63, 3.8) is 0 Å². The number of rotatable bonds is 3. The summed E-state index contributed by atoms with van der Waals surface area (Å²) in [4.78, 5) is 18.5. The van der Waals surface area contributed by atoms with Gasteiger partial charge in [-0.3, -0.25) is 4.79 Å². The van der Waals surface area contributed by atoms with Crippen molar-refractivity contribution in [2.24, 2.45) is 5.92 Å². The van der Waals surface area contributed by atoms with E-state index in [1.54, 1.807) is 6.20 Å². The molecule has 1 amide bonds. The van der Waals surface area contributed by atoms with E-state index in [1.807, 2.05) is 31.1 Å².